The molecule has 5 nitrogen and oxygen atoms in total. The number of carbonyl (C=O) groups excluding carboxylic acids is 2. The monoisotopic (exact) mass is 216 g/mol. The molecule has 2 rings (SSSR count). The van der Waals surface area contributed by atoms with E-state index in [0.717, 1.165) is 6.29 Å². The Labute approximate surface area is 91.3 Å². The predicted octanol–water partition coefficient (Wildman–Crippen LogP) is 1.74. The summed E-state index contributed by atoms with van der Waals surface area (Å²) in [5.41, 5.74) is 0.530. The molecule has 0 spiro atoms. The molecule has 0 atom stereocenters. The summed E-state index contributed by atoms with van der Waals surface area (Å²) in [7, 11) is 0. The van der Waals surface area contributed by atoms with Crippen LogP contribution in [0.1, 0.15) is 10.4 Å². The fourth-order valence-corrected chi connectivity index (χ4v) is 1.14. The summed E-state index contributed by atoms with van der Waals surface area (Å²) >= 11 is 0. The zero-order valence-corrected chi connectivity index (χ0v) is 8.24. The Balaban J connectivity index is 2.09. The Bertz CT molecular complexity index is 488. The molecule has 0 unspecified atom stereocenters. The first kappa shape index (κ1) is 10.1. The normalized spacial score (nSPS) is 9.75. The Morgan fingerprint density at radius 3 is 2.62 bits per heavy atom. The largest absolute Gasteiger partial charge is 0.424 e. The van der Waals surface area contributed by atoms with Crippen molar-refractivity contribution in [3.05, 3.63) is 48.5 Å². The van der Waals surface area contributed by atoms with Crippen LogP contribution in [-0.4, -0.2) is 21.9 Å². The van der Waals surface area contributed by atoms with Gasteiger partial charge in [-0.25, -0.2) is 14.3 Å². The molecule has 0 radical (unpaired) electrons. The third-order valence-corrected chi connectivity index (χ3v) is 1.94. The molecular weight excluding hydrogens is 208 g/mol. The van der Waals surface area contributed by atoms with Gasteiger partial charge in [0.05, 0.1) is 0 Å². The summed E-state index contributed by atoms with van der Waals surface area (Å²) in [6.45, 7) is 0. The maximum Gasteiger partial charge on any atom is 0.424 e. The molecule has 1 aromatic carbocycles. The van der Waals surface area contributed by atoms with Crippen molar-refractivity contribution in [3.63, 3.8) is 0 Å². The predicted molar refractivity (Wildman–Crippen MR) is 55.5 cm³/mol. The van der Waals surface area contributed by atoms with Crippen molar-refractivity contribution >= 4 is 12.4 Å². The maximum absolute atomic E-state index is 11.5. The van der Waals surface area contributed by atoms with Crippen LogP contribution in [-0.2, 0) is 0 Å². The standard InChI is InChI=1S/C11H8N2O3/c14-7-9-1-3-10(4-2-9)16-11(15)13-6-5-12-8-13/h1-8H. The number of nitrogens with zero attached hydrogens (tertiary/aromatic N) is 2. The number of aromatic nitrogens is 2. The van der Waals surface area contributed by atoms with E-state index >= 15 is 0 Å². The van der Waals surface area contributed by atoms with E-state index in [2.05, 4.69) is 4.98 Å². The van der Waals surface area contributed by atoms with Crippen molar-refractivity contribution < 1.29 is 14.3 Å². The van der Waals surface area contributed by atoms with Gasteiger partial charge < -0.3 is 4.74 Å². The highest BCUT2D eigenvalue weighted by Gasteiger charge is 2.05. The first-order valence-electron chi connectivity index (χ1n) is 4.55. The van der Waals surface area contributed by atoms with Crippen LogP contribution in [0.4, 0.5) is 4.79 Å². The van der Waals surface area contributed by atoms with Gasteiger partial charge in [0.15, 0.2) is 0 Å². The molecule has 0 fully saturated rings. The quantitative estimate of drug-likeness (QED) is 0.717. The smallest absolute Gasteiger partial charge is 0.410 e. The average molecular weight is 216 g/mol. The number of hydrogen-bond donors (Lipinski definition) is 0. The summed E-state index contributed by atoms with van der Waals surface area (Å²) in [6, 6.07) is 6.25. The fourth-order valence-electron chi connectivity index (χ4n) is 1.14. The molecule has 0 amide bonds. The lowest BCUT2D eigenvalue weighted by molar-refractivity contribution is 0.112. The molecule has 80 valence electrons. The van der Waals surface area contributed by atoms with Gasteiger partial charge in [-0.3, -0.25) is 4.79 Å². The van der Waals surface area contributed by atoms with E-state index in [-0.39, 0.29) is 0 Å². The molecule has 1 heterocycles. The van der Waals surface area contributed by atoms with Gasteiger partial charge in [0.2, 0.25) is 0 Å². The minimum atomic E-state index is -0.545. The average Bonchev–Trinajstić information content (AvgIpc) is 2.83. The van der Waals surface area contributed by atoms with Crippen LogP contribution in [0.2, 0.25) is 0 Å². The highest BCUT2D eigenvalue weighted by atomic mass is 16.6. The number of carbonyl (C=O) groups is 2. The molecule has 0 saturated carbocycles. The van der Waals surface area contributed by atoms with E-state index in [1.54, 1.807) is 24.3 Å². The highest BCUT2D eigenvalue weighted by Crippen LogP contribution is 2.11. The fraction of sp³-hybridized carbons (Fsp3) is 0. The van der Waals surface area contributed by atoms with E-state index in [0.29, 0.717) is 11.3 Å². The number of aldehydes is 1. The van der Waals surface area contributed by atoms with Crippen molar-refractivity contribution in [2.75, 3.05) is 0 Å². The lowest BCUT2D eigenvalue weighted by atomic mass is 10.2. The van der Waals surface area contributed by atoms with Gasteiger partial charge in [0.1, 0.15) is 18.4 Å². The van der Waals surface area contributed by atoms with Gasteiger partial charge in [0.25, 0.3) is 0 Å². The zero-order valence-electron chi connectivity index (χ0n) is 8.24. The van der Waals surface area contributed by atoms with Crippen LogP contribution >= 0.6 is 0 Å². The second-order valence-electron chi connectivity index (χ2n) is 3.02. The number of rotatable bonds is 2. The molecule has 2 aromatic rings. The van der Waals surface area contributed by atoms with Crippen LogP contribution in [0.3, 0.4) is 0 Å². The highest BCUT2D eigenvalue weighted by molar-refractivity contribution is 5.76. The van der Waals surface area contributed by atoms with Gasteiger partial charge >= 0.3 is 6.09 Å². The Hall–Kier alpha value is -2.43. The summed E-state index contributed by atoms with van der Waals surface area (Å²) in [5.74, 6) is 0.379. The van der Waals surface area contributed by atoms with E-state index in [1.807, 2.05) is 0 Å². The first-order valence-corrected chi connectivity index (χ1v) is 4.55. The summed E-state index contributed by atoms with van der Waals surface area (Å²) in [5, 5.41) is 0. The SMILES string of the molecule is O=Cc1ccc(OC(=O)n2ccnc2)cc1. The van der Waals surface area contributed by atoms with Crippen LogP contribution in [0, 0.1) is 0 Å². The lowest BCUT2D eigenvalue weighted by Crippen LogP contribution is -2.14. The van der Waals surface area contributed by atoms with Crippen LogP contribution in [0.25, 0.3) is 0 Å². The molecule has 0 saturated heterocycles. The minimum Gasteiger partial charge on any atom is -0.410 e. The Morgan fingerprint density at radius 2 is 2.06 bits per heavy atom. The zero-order chi connectivity index (χ0) is 11.4. The van der Waals surface area contributed by atoms with Crippen molar-refractivity contribution in [1.29, 1.82) is 0 Å². The lowest BCUT2D eigenvalue weighted by Gasteiger charge is -2.03. The number of benzene rings is 1. The van der Waals surface area contributed by atoms with Crippen molar-refractivity contribution in [3.8, 4) is 5.75 Å². The summed E-state index contributed by atoms with van der Waals surface area (Å²) in [4.78, 5) is 25.6. The Morgan fingerprint density at radius 1 is 1.31 bits per heavy atom. The second kappa shape index (κ2) is 4.39. The van der Waals surface area contributed by atoms with Gasteiger partial charge in [-0.15, -0.1) is 0 Å². The molecule has 0 bridgehead atoms. The molecule has 1 aromatic heterocycles. The topological polar surface area (TPSA) is 61.2 Å². The molecule has 0 aliphatic heterocycles. The Kier molecular flexibility index (Phi) is 2.77. The number of imidazole rings is 1. The molecular formula is C11H8N2O3. The molecule has 0 aliphatic carbocycles. The van der Waals surface area contributed by atoms with Crippen LogP contribution < -0.4 is 4.74 Å². The number of hydrogen-bond acceptors (Lipinski definition) is 4. The minimum absolute atomic E-state index is 0.379. The third kappa shape index (κ3) is 2.14. The molecule has 0 aliphatic rings. The molecule has 0 N–H and O–H groups in total. The van der Waals surface area contributed by atoms with E-state index in [1.165, 1.54) is 23.3 Å². The first-order chi connectivity index (χ1) is 7.79. The summed E-state index contributed by atoms with van der Waals surface area (Å²) < 4.78 is 6.24. The van der Waals surface area contributed by atoms with E-state index in [4.69, 9.17) is 4.74 Å². The number of ether oxygens (including phenoxy) is 1. The second-order valence-corrected chi connectivity index (χ2v) is 3.02. The van der Waals surface area contributed by atoms with Crippen LogP contribution in [0.15, 0.2) is 43.0 Å². The van der Waals surface area contributed by atoms with Crippen molar-refractivity contribution in [2.24, 2.45) is 0 Å². The molecule has 16 heavy (non-hydrogen) atoms. The van der Waals surface area contributed by atoms with Crippen molar-refractivity contribution in [1.82, 2.24) is 9.55 Å². The van der Waals surface area contributed by atoms with E-state index in [9.17, 15) is 9.59 Å². The third-order valence-electron chi connectivity index (χ3n) is 1.94. The van der Waals surface area contributed by atoms with Crippen molar-refractivity contribution in [2.45, 2.75) is 0 Å². The van der Waals surface area contributed by atoms with Crippen LogP contribution in [0.5, 0.6) is 5.75 Å². The van der Waals surface area contributed by atoms with E-state index < -0.39 is 6.09 Å². The summed E-state index contributed by atoms with van der Waals surface area (Å²) in [6.07, 6.45) is 4.50. The van der Waals surface area contributed by atoms with Gasteiger partial charge in [-0.2, -0.15) is 0 Å². The molecule has 5 heteroatoms. The maximum atomic E-state index is 11.5. The van der Waals surface area contributed by atoms with Gasteiger partial charge in [0, 0.05) is 18.0 Å². The van der Waals surface area contributed by atoms with Gasteiger partial charge in [-0.05, 0) is 24.3 Å². The van der Waals surface area contributed by atoms with Gasteiger partial charge in [-0.1, -0.05) is 0 Å².